The molecule has 3 nitrogen and oxygen atoms in total. The number of aromatic hydroxyl groups is 1. The molecule has 0 spiro atoms. The van der Waals surface area contributed by atoms with Gasteiger partial charge in [-0.3, -0.25) is 4.79 Å². The minimum atomic E-state index is -4.91. The van der Waals surface area contributed by atoms with Gasteiger partial charge in [-0.15, -0.1) is 19.6 Å². The van der Waals surface area contributed by atoms with E-state index in [2.05, 4.69) is 74.0 Å². The minimum absolute atomic E-state index is 0.0490. The Kier molecular flexibility index (Phi) is 10.4. The highest BCUT2D eigenvalue weighted by molar-refractivity contribution is 9.10. The Balaban J connectivity index is 0.000000508. The standard InChI is InChI=1S/C11H4.C8H4BrF3O3/c1-3-5-7-9-11-10-8-6-4-2;9-5-2-6(14)7(1-4(5)3-13)15-8(10,11)12/h1H,2H3;1-3,14H. The molecule has 7 heteroatoms. The van der Waals surface area contributed by atoms with Crippen LogP contribution in [-0.4, -0.2) is 17.8 Å². The monoisotopic (exact) mass is 420 g/mol. The maximum Gasteiger partial charge on any atom is 0.573 e. The molecule has 0 heterocycles. The molecule has 1 rings (SSSR count). The summed E-state index contributed by atoms with van der Waals surface area (Å²) in [6.07, 6.45) is 0.270. The van der Waals surface area contributed by atoms with Gasteiger partial charge in [0.15, 0.2) is 17.8 Å². The lowest BCUT2D eigenvalue weighted by Gasteiger charge is -2.11. The average Bonchev–Trinajstić information content (AvgIpc) is 2.56. The summed E-state index contributed by atoms with van der Waals surface area (Å²) in [6.45, 7) is 1.71. The van der Waals surface area contributed by atoms with Crippen molar-refractivity contribution in [2.45, 2.75) is 13.3 Å². The highest BCUT2D eigenvalue weighted by Gasteiger charge is 2.32. The topological polar surface area (TPSA) is 46.5 Å². The third kappa shape index (κ3) is 10.4. The van der Waals surface area contributed by atoms with E-state index in [4.69, 9.17) is 11.5 Å². The lowest BCUT2D eigenvalue weighted by Crippen LogP contribution is -2.17. The number of ether oxygens (including phenoxy) is 1. The van der Waals surface area contributed by atoms with E-state index in [1.807, 2.05) is 0 Å². The smallest absolute Gasteiger partial charge is 0.504 e. The summed E-state index contributed by atoms with van der Waals surface area (Å²) in [7, 11) is 0. The van der Waals surface area contributed by atoms with E-state index >= 15 is 0 Å². The maximum absolute atomic E-state index is 11.8. The van der Waals surface area contributed by atoms with Gasteiger partial charge in [-0.2, -0.15) is 0 Å². The van der Waals surface area contributed by atoms with E-state index in [0.717, 1.165) is 12.1 Å². The van der Waals surface area contributed by atoms with Crippen molar-refractivity contribution in [3.63, 3.8) is 0 Å². The van der Waals surface area contributed by atoms with Crippen LogP contribution in [-0.2, 0) is 0 Å². The van der Waals surface area contributed by atoms with Gasteiger partial charge in [0.05, 0.1) is 0 Å². The molecule has 0 saturated carbocycles. The predicted octanol–water partition coefficient (Wildman–Crippen LogP) is 3.52. The third-order valence-electron chi connectivity index (χ3n) is 2.00. The molecule has 0 fully saturated rings. The molecule has 0 aliphatic carbocycles. The summed E-state index contributed by atoms with van der Waals surface area (Å²) >= 11 is 2.89. The molecule has 130 valence electrons. The van der Waals surface area contributed by atoms with E-state index in [0.29, 0.717) is 6.29 Å². The predicted molar refractivity (Wildman–Crippen MR) is 93.5 cm³/mol. The number of terminal acetylenes is 1. The van der Waals surface area contributed by atoms with E-state index in [9.17, 15) is 18.0 Å². The van der Waals surface area contributed by atoms with Gasteiger partial charge in [0.2, 0.25) is 0 Å². The number of carbonyl (C=O) groups is 1. The van der Waals surface area contributed by atoms with Crippen LogP contribution in [0.5, 0.6) is 11.5 Å². The fourth-order valence-electron chi connectivity index (χ4n) is 1.11. The van der Waals surface area contributed by atoms with Crippen molar-refractivity contribution < 1.29 is 27.8 Å². The second-order valence-corrected chi connectivity index (χ2v) is 4.63. The fourth-order valence-corrected chi connectivity index (χ4v) is 1.53. The summed E-state index contributed by atoms with van der Waals surface area (Å²) in [4.78, 5) is 10.4. The number of hydrogen-bond acceptors (Lipinski definition) is 3. The van der Waals surface area contributed by atoms with Gasteiger partial charge in [0.25, 0.3) is 0 Å². The van der Waals surface area contributed by atoms with Crippen molar-refractivity contribution in [3.05, 3.63) is 22.2 Å². The summed E-state index contributed by atoms with van der Waals surface area (Å²) in [5.41, 5.74) is -0.0490. The number of benzene rings is 1. The number of rotatable bonds is 2. The van der Waals surface area contributed by atoms with Crippen LogP contribution in [0, 0.1) is 59.7 Å². The number of phenolic OH excluding ortho intramolecular Hbond substituents is 1. The first-order chi connectivity index (χ1) is 12.2. The normalized spacial score (nSPS) is 8.00. The van der Waals surface area contributed by atoms with Gasteiger partial charge in [-0.1, -0.05) is 5.92 Å². The lowest BCUT2D eigenvalue weighted by atomic mass is 10.2. The van der Waals surface area contributed by atoms with Crippen LogP contribution >= 0.6 is 15.9 Å². The summed E-state index contributed by atoms with van der Waals surface area (Å²) < 4.78 is 39.2. The van der Waals surface area contributed by atoms with Crippen LogP contribution in [0.1, 0.15) is 17.3 Å². The molecule has 0 saturated heterocycles. The Hall–Kier alpha value is -3.44. The van der Waals surface area contributed by atoms with Crippen LogP contribution in [0.15, 0.2) is 16.6 Å². The van der Waals surface area contributed by atoms with Gasteiger partial charge in [0, 0.05) is 10.0 Å². The van der Waals surface area contributed by atoms with Crippen LogP contribution < -0.4 is 4.74 Å². The second kappa shape index (κ2) is 12.0. The molecule has 0 aliphatic rings. The van der Waals surface area contributed by atoms with Gasteiger partial charge in [-0.25, -0.2) is 0 Å². The zero-order valence-corrected chi connectivity index (χ0v) is 14.7. The number of carbonyl (C=O) groups excluding carboxylic acids is 1. The maximum atomic E-state index is 11.8. The number of alkyl halides is 3. The van der Waals surface area contributed by atoms with Crippen molar-refractivity contribution in [1.82, 2.24) is 0 Å². The van der Waals surface area contributed by atoms with Crippen LogP contribution in [0.25, 0.3) is 0 Å². The van der Waals surface area contributed by atoms with Crippen LogP contribution in [0.4, 0.5) is 13.2 Å². The van der Waals surface area contributed by atoms with Crippen molar-refractivity contribution in [2.24, 2.45) is 0 Å². The molecule has 1 aromatic rings. The first kappa shape index (κ1) is 22.6. The van der Waals surface area contributed by atoms with E-state index in [1.54, 1.807) is 6.92 Å². The molecule has 0 atom stereocenters. The van der Waals surface area contributed by atoms with Crippen molar-refractivity contribution in [2.75, 3.05) is 0 Å². The highest BCUT2D eigenvalue weighted by Crippen LogP contribution is 2.35. The molecule has 1 aromatic carbocycles. The van der Waals surface area contributed by atoms with Crippen molar-refractivity contribution in [3.8, 4) is 71.2 Å². The fraction of sp³-hybridized carbons (Fsp3) is 0.105. The minimum Gasteiger partial charge on any atom is -0.504 e. The Morgan fingerprint density at radius 3 is 2.12 bits per heavy atom. The first-order valence-electron chi connectivity index (χ1n) is 6.36. The number of hydrogen-bond donors (Lipinski definition) is 1. The molecule has 0 bridgehead atoms. The Labute approximate surface area is 157 Å². The van der Waals surface area contributed by atoms with Crippen molar-refractivity contribution in [1.29, 1.82) is 0 Å². The Morgan fingerprint density at radius 2 is 1.65 bits per heavy atom. The summed E-state index contributed by atoms with van der Waals surface area (Å²) in [6, 6.07) is 1.74. The van der Waals surface area contributed by atoms with Gasteiger partial charge in [0.1, 0.15) is 0 Å². The zero-order valence-electron chi connectivity index (χ0n) is 13.1. The molecular formula is C19H8BrF3O3. The van der Waals surface area contributed by atoms with Crippen LogP contribution in [0.3, 0.4) is 0 Å². The van der Waals surface area contributed by atoms with Gasteiger partial charge < -0.3 is 9.84 Å². The molecule has 0 radical (unpaired) electrons. The molecule has 0 aromatic heterocycles. The number of halogens is 4. The molecule has 0 amide bonds. The summed E-state index contributed by atoms with van der Waals surface area (Å²) in [5.74, 6) is 20.4. The molecular weight excluding hydrogens is 413 g/mol. The largest absolute Gasteiger partial charge is 0.573 e. The first-order valence-corrected chi connectivity index (χ1v) is 7.15. The van der Waals surface area contributed by atoms with Crippen LogP contribution in [0.2, 0.25) is 0 Å². The second-order valence-electron chi connectivity index (χ2n) is 3.78. The quantitative estimate of drug-likeness (QED) is 0.588. The molecule has 1 N–H and O–H groups in total. The van der Waals surface area contributed by atoms with E-state index < -0.39 is 17.9 Å². The average molecular weight is 421 g/mol. The van der Waals surface area contributed by atoms with Gasteiger partial charge in [-0.05, 0) is 82.3 Å². The van der Waals surface area contributed by atoms with E-state index in [-0.39, 0.29) is 10.0 Å². The Morgan fingerprint density at radius 1 is 1.12 bits per heavy atom. The SMILES string of the molecule is C#CC#CC#CC#CC#CC.O=Cc1cc(OC(F)(F)F)c(O)cc1Br. The van der Waals surface area contributed by atoms with Gasteiger partial charge >= 0.3 is 6.36 Å². The molecule has 0 unspecified atom stereocenters. The molecule has 26 heavy (non-hydrogen) atoms. The lowest BCUT2D eigenvalue weighted by molar-refractivity contribution is -0.275. The summed E-state index contributed by atoms with van der Waals surface area (Å²) in [5, 5.41) is 9.10. The zero-order chi connectivity index (χ0) is 20.0. The highest BCUT2D eigenvalue weighted by atomic mass is 79.9. The van der Waals surface area contributed by atoms with E-state index in [1.165, 1.54) is 0 Å². The molecule has 0 aliphatic heterocycles. The van der Waals surface area contributed by atoms with Crippen molar-refractivity contribution >= 4 is 22.2 Å². The number of aldehydes is 1. The third-order valence-corrected chi connectivity index (χ3v) is 2.69. The Bertz CT molecular complexity index is 942. The number of phenols is 1.